The van der Waals surface area contributed by atoms with E-state index in [2.05, 4.69) is 5.32 Å². The maximum atomic E-state index is 11.9. The van der Waals surface area contributed by atoms with Crippen LogP contribution in [0.25, 0.3) is 0 Å². The van der Waals surface area contributed by atoms with Crippen molar-refractivity contribution in [2.24, 2.45) is 0 Å². The van der Waals surface area contributed by atoms with Gasteiger partial charge in [0.2, 0.25) is 5.91 Å². The van der Waals surface area contributed by atoms with E-state index < -0.39 is 6.04 Å². The Morgan fingerprint density at radius 2 is 2.00 bits per heavy atom. The van der Waals surface area contributed by atoms with Crippen molar-refractivity contribution in [3.63, 3.8) is 0 Å². The second-order valence-electron chi connectivity index (χ2n) is 4.14. The highest BCUT2D eigenvalue weighted by molar-refractivity contribution is 7.80. The fourth-order valence-electron chi connectivity index (χ4n) is 1.53. The van der Waals surface area contributed by atoms with E-state index in [-0.39, 0.29) is 12.5 Å². The number of hydrogen-bond donors (Lipinski definition) is 2. The van der Waals surface area contributed by atoms with Crippen LogP contribution in [-0.2, 0) is 4.79 Å². The van der Waals surface area contributed by atoms with Crippen molar-refractivity contribution < 1.29 is 9.90 Å². The summed E-state index contributed by atoms with van der Waals surface area (Å²) >= 11 is 5.25. The van der Waals surface area contributed by atoms with E-state index in [4.69, 9.17) is 17.3 Å². The molecule has 0 bridgehead atoms. The summed E-state index contributed by atoms with van der Waals surface area (Å²) in [6.45, 7) is -0.0609. The van der Waals surface area contributed by atoms with Crippen LogP contribution in [-0.4, -0.2) is 47.6 Å². The lowest BCUT2D eigenvalue weighted by Gasteiger charge is -2.22. The number of likely N-dealkylation sites (N-methyl/N-ethyl adjacent to an activating group) is 1. The summed E-state index contributed by atoms with van der Waals surface area (Å²) in [6.07, 6.45) is 0.337. The summed E-state index contributed by atoms with van der Waals surface area (Å²) in [5.74, 6) is -0.0951. The zero-order valence-electron chi connectivity index (χ0n) is 10.6. The number of benzene rings is 1. The quantitative estimate of drug-likeness (QED) is 0.774. The largest absolute Gasteiger partial charge is 0.396 e. The zero-order valence-corrected chi connectivity index (χ0v) is 11.4. The molecule has 0 aromatic heterocycles. The molecule has 98 valence electrons. The van der Waals surface area contributed by atoms with Gasteiger partial charge < -0.3 is 15.3 Å². The van der Waals surface area contributed by atoms with Crippen molar-refractivity contribution in [3.05, 3.63) is 35.9 Å². The van der Waals surface area contributed by atoms with Gasteiger partial charge in [-0.2, -0.15) is 0 Å². The minimum absolute atomic E-state index is 0.0609. The number of rotatable bonds is 5. The summed E-state index contributed by atoms with van der Waals surface area (Å²) in [5, 5.41) is 12.0. The highest BCUT2D eigenvalue weighted by atomic mass is 32.1. The van der Waals surface area contributed by atoms with Crippen LogP contribution in [0.3, 0.4) is 0 Å². The Labute approximate surface area is 113 Å². The first-order valence-corrected chi connectivity index (χ1v) is 6.15. The van der Waals surface area contributed by atoms with E-state index in [1.54, 1.807) is 14.1 Å². The molecule has 1 rings (SSSR count). The lowest BCUT2D eigenvalue weighted by Crippen LogP contribution is -2.46. The predicted molar refractivity (Wildman–Crippen MR) is 75.5 cm³/mol. The van der Waals surface area contributed by atoms with Gasteiger partial charge in [-0.3, -0.25) is 4.79 Å². The molecule has 0 saturated carbocycles. The SMILES string of the molecule is CN(C)C(=O)C(CCO)NC(=S)c1ccccc1. The third-order valence-electron chi connectivity index (χ3n) is 2.50. The second kappa shape index (κ2) is 7.08. The summed E-state index contributed by atoms with van der Waals surface area (Å²) in [6, 6.07) is 8.95. The maximum absolute atomic E-state index is 11.9. The Morgan fingerprint density at radius 3 is 2.50 bits per heavy atom. The van der Waals surface area contributed by atoms with E-state index in [1.165, 1.54) is 4.90 Å². The molecule has 1 atom stereocenters. The molecule has 1 unspecified atom stereocenters. The maximum Gasteiger partial charge on any atom is 0.244 e. The minimum Gasteiger partial charge on any atom is -0.396 e. The molecule has 1 aromatic carbocycles. The first kappa shape index (κ1) is 14.6. The molecule has 0 fully saturated rings. The van der Waals surface area contributed by atoms with E-state index in [0.29, 0.717) is 11.4 Å². The Kier molecular flexibility index (Phi) is 5.74. The number of nitrogens with one attached hydrogen (secondary N) is 1. The molecule has 4 nitrogen and oxygen atoms in total. The normalized spacial score (nSPS) is 11.7. The first-order valence-electron chi connectivity index (χ1n) is 5.74. The molecule has 0 radical (unpaired) electrons. The van der Waals surface area contributed by atoms with Crippen molar-refractivity contribution in [1.29, 1.82) is 0 Å². The molecule has 0 aliphatic heterocycles. The van der Waals surface area contributed by atoms with Crippen LogP contribution in [0.4, 0.5) is 0 Å². The molecule has 0 aliphatic carbocycles. The van der Waals surface area contributed by atoms with Crippen molar-refractivity contribution in [2.75, 3.05) is 20.7 Å². The summed E-state index contributed by atoms with van der Waals surface area (Å²) in [4.78, 5) is 13.9. The zero-order chi connectivity index (χ0) is 13.5. The number of aliphatic hydroxyl groups excluding tert-OH is 1. The summed E-state index contributed by atoms with van der Waals surface area (Å²) in [7, 11) is 3.36. The topological polar surface area (TPSA) is 52.6 Å². The fourth-order valence-corrected chi connectivity index (χ4v) is 1.81. The van der Waals surface area contributed by atoms with E-state index in [9.17, 15) is 4.79 Å². The molecule has 2 N–H and O–H groups in total. The number of amides is 1. The van der Waals surface area contributed by atoms with Gasteiger partial charge in [0.1, 0.15) is 11.0 Å². The van der Waals surface area contributed by atoms with E-state index in [1.807, 2.05) is 30.3 Å². The van der Waals surface area contributed by atoms with Crippen LogP contribution in [0, 0.1) is 0 Å². The third kappa shape index (κ3) is 4.09. The fraction of sp³-hybridized carbons (Fsp3) is 0.385. The van der Waals surface area contributed by atoms with Crippen molar-refractivity contribution in [1.82, 2.24) is 10.2 Å². The monoisotopic (exact) mass is 266 g/mol. The van der Waals surface area contributed by atoms with Crippen molar-refractivity contribution >= 4 is 23.1 Å². The average molecular weight is 266 g/mol. The predicted octanol–water partition coefficient (Wildman–Crippen LogP) is 0.791. The van der Waals surface area contributed by atoms with Crippen LogP contribution in [0.15, 0.2) is 30.3 Å². The van der Waals surface area contributed by atoms with Gasteiger partial charge in [-0.05, 0) is 6.42 Å². The third-order valence-corrected chi connectivity index (χ3v) is 2.85. The Bertz CT molecular complexity index is 407. The first-order chi connectivity index (χ1) is 8.56. The van der Waals surface area contributed by atoms with Crippen molar-refractivity contribution in [2.45, 2.75) is 12.5 Å². The Hall–Kier alpha value is -1.46. The van der Waals surface area contributed by atoms with Crippen molar-refractivity contribution in [3.8, 4) is 0 Å². The molecule has 1 aromatic rings. The van der Waals surface area contributed by atoms with Gasteiger partial charge in [0, 0.05) is 26.3 Å². The lowest BCUT2D eigenvalue weighted by molar-refractivity contribution is -0.130. The molecule has 1 amide bonds. The number of nitrogens with zero attached hydrogens (tertiary/aromatic N) is 1. The van der Waals surface area contributed by atoms with E-state index >= 15 is 0 Å². The average Bonchev–Trinajstić information content (AvgIpc) is 2.38. The van der Waals surface area contributed by atoms with E-state index in [0.717, 1.165) is 5.56 Å². The molecule has 0 aliphatic rings. The van der Waals surface area contributed by atoms with Gasteiger partial charge in [0.25, 0.3) is 0 Å². The van der Waals surface area contributed by atoms with Gasteiger partial charge >= 0.3 is 0 Å². The second-order valence-corrected chi connectivity index (χ2v) is 4.55. The Balaban J connectivity index is 2.72. The number of hydrogen-bond acceptors (Lipinski definition) is 3. The van der Waals surface area contributed by atoms with Crippen LogP contribution >= 0.6 is 12.2 Å². The molecule has 0 heterocycles. The Morgan fingerprint density at radius 1 is 1.39 bits per heavy atom. The summed E-state index contributed by atoms with van der Waals surface area (Å²) in [5.41, 5.74) is 0.863. The van der Waals surface area contributed by atoms with Crippen LogP contribution < -0.4 is 5.32 Å². The van der Waals surface area contributed by atoms with Gasteiger partial charge in [-0.1, -0.05) is 42.5 Å². The lowest BCUT2D eigenvalue weighted by atomic mass is 10.1. The van der Waals surface area contributed by atoms with Crippen LogP contribution in [0.5, 0.6) is 0 Å². The summed E-state index contributed by atoms with van der Waals surface area (Å²) < 4.78 is 0. The molecule has 5 heteroatoms. The molecule has 0 saturated heterocycles. The minimum atomic E-state index is -0.488. The highest BCUT2D eigenvalue weighted by Crippen LogP contribution is 2.03. The number of thiocarbonyl (C=S) groups is 1. The smallest absolute Gasteiger partial charge is 0.244 e. The van der Waals surface area contributed by atoms with Crippen LogP contribution in [0.1, 0.15) is 12.0 Å². The van der Waals surface area contributed by atoms with Gasteiger partial charge in [-0.15, -0.1) is 0 Å². The molecular weight excluding hydrogens is 248 g/mol. The van der Waals surface area contributed by atoms with Crippen LogP contribution in [0.2, 0.25) is 0 Å². The molecule has 18 heavy (non-hydrogen) atoms. The van der Waals surface area contributed by atoms with Gasteiger partial charge in [0.05, 0.1) is 0 Å². The van der Waals surface area contributed by atoms with Gasteiger partial charge in [0.15, 0.2) is 0 Å². The standard InChI is InChI=1S/C13H18N2O2S/c1-15(2)13(17)11(8-9-16)14-12(18)10-6-4-3-5-7-10/h3-7,11,16H,8-9H2,1-2H3,(H,14,18). The number of carbonyl (C=O) groups is 1. The molecule has 0 spiro atoms. The van der Waals surface area contributed by atoms with Gasteiger partial charge in [-0.25, -0.2) is 0 Å². The highest BCUT2D eigenvalue weighted by Gasteiger charge is 2.20. The number of carbonyl (C=O) groups excluding carboxylic acids is 1. The number of aliphatic hydroxyl groups is 1. The molecular formula is C13H18N2O2S.